The van der Waals surface area contributed by atoms with E-state index >= 15 is 0 Å². The number of nitrogens with one attached hydrogen (secondary N) is 1. The second kappa shape index (κ2) is 8.63. The summed E-state index contributed by atoms with van der Waals surface area (Å²) < 4.78 is 0. The number of thiazole rings is 1. The molecular formula is C16H31N3S. The van der Waals surface area contributed by atoms with Gasteiger partial charge in [0.1, 0.15) is 0 Å². The number of rotatable bonds is 9. The van der Waals surface area contributed by atoms with E-state index in [0.29, 0.717) is 12.0 Å². The lowest BCUT2D eigenvalue weighted by Crippen LogP contribution is -2.28. The van der Waals surface area contributed by atoms with Gasteiger partial charge in [0.2, 0.25) is 0 Å². The summed E-state index contributed by atoms with van der Waals surface area (Å²) in [5.74, 6) is 0.694. The summed E-state index contributed by atoms with van der Waals surface area (Å²) in [4.78, 5) is 8.57. The van der Waals surface area contributed by atoms with Crippen molar-refractivity contribution in [3.05, 3.63) is 10.6 Å². The third kappa shape index (κ3) is 5.06. The van der Waals surface area contributed by atoms with E-state index in [1.54, 1.807) is 0 Å². The van der Waals surface area contributed by atoms with Crippen LogP contribution in [0.1, 0.15) is 58.0 Å². The molecule has 0 fully saturated rings. The lowest BCUT2D eigenvalue weighted by Gasteiger charge is -2.23. The van der Waals surface area contributed by atoms with Crippen molar-refractivity contribution in [2.24, 2.45) is 5.92 Å². The normalized spacial score (nSPS) is 12.9. The van der Waals surface area contributed by atoms with Gasteiger partial charge in [-0.1, -0.05) is 34.1 Å². The number of anilines is 1. The van der Waals surface area contributed by atoms with Gasteiger partial charge in [-0.3, -0.25) is 0 Å². The maximum Gasteiger partial charge on any atom is 0.185 e. The van der Waals surface area contributed by atoms with Crippen molar-refractivity contribution in [3.8, 4) is 0 Å². The molecule has 1 heterocycles. The van der Waals surface area contributed by atoms with Gasteiger partial charge in [0.25, 0.3) is 0 Å². The van der Waals surface area contributed by atoms with Gasteiger partial charge in [0.15, 0.2) is 5.13 Å². The van der Waals surface area contributed by atoms with Crippen LogP contribution in [0.3, 0.4) is 0 Å². The molecular weight excluding hydrogens is 266 g/mol. The third-order valence-electron chi connectivity index (χ3n) is 3.61. The minimum Gasteiger partial charge on any atom is -0.348 e. The van der Waals surface area contributed by atoms with Crippen LogP contribution in [0.5, 0.6) is 0 Å². The fourth-order valence-corrected chi connectivity index (χ4v) is 3.39. The predicted molar refractivity (Wildman–Crippen MR) is 90.8 cm³/mol. The molecule has 3 nitrogen and oxygen atoms in total. The first-order chi connectivity index (χ1) is 9.49. The van der Waals surface area contributed by atoms with Crippen LogP contribution in [-0.4, -0.2) is 24.6 Å². The Morgan fingerprint density at radius 3 is 2.50 bits per heavy atom. The Balaban J connectivity index is 2.72. The summed E-state index contributed by atoms with van der Waals surface area (Å²) in [5, 5.41) is 4.70. The molecule has 116 valence electrons. The van der Waals surface area contributed by atoms with Crippen molar-refractivity contribution in [1.29, 1.82) is 0 Å². The second-order valence-corrected chi connectivity index (χ2v) is 7.06. The van der Waals surface area contributed by atoms with Crippen LogP contribution < -0.4 is 10.2 Å². The third-order valence-corrected chi connectivity index (χ3v) is 4.80. The van der Waals surface area contributed by atoms with Gasteiger partial charge in [-0.05, 0) is 32.2 Å². The highest BCUT2D eigenvalue weighted by Gasteiger charge is 2.16. The second-order valence-electron chi connectivity index (χ2n) is 5.99. The summed E-state index contributed by atoms with van der Waals surface area (Å²) in [6.45, 7) is 13.2. The number of aromatic nitrogens is 1. The average Bonchev–Trinajstić information content (AvgIpc) is 2.81. The van der Waals surface area contributed by atoms with Crippen LogP contribution in [0.2, 0.25) is 0 Å². The topological polar surface area (TPSA) is 28.2 Å². The molecule has 0 aliphatic heterocycles. The lowest BCUT2D eigenvalue weighted by molar-refractivity contribution is 0.553. The first-order valence-electron chi connectivity index (χ1n) is 7.91. The molecule has 1 unspecified atom stereocenters. The van der Waals surface area contributed by atoms with Crippen LogP contribution in [-0.2, 0) is 13.0 Å². The minimum atomic E-state index is 0.562. The van der Waals surface area contributed by atoms with Gasteiger partial charge in [-0.15, -0.1) is 11.3 Å². The molecule has 20 heavy (non-hydrogen) atoms. The Bertz CT molecular complexity index is 387. The van der Waals surface area contributed by atoms with Crippen LogP contribution >= 0.6 is 11.3 Å². The molecule has 1 N–H and O–H groups in total. The van der Waals surface area contributed by atoms with E-state index in [-0.39, 0.29) is 0 Å². The van der Waals surface area contributed by atoms with Gasteiger partial charge < -0.3 is 10.2 Å². The average molecular weight is 298 g/mol. The Morgan fingerprint density at radius 1 is 1.25 bits per heavy atom. The Hall–Kier alpha value is -0.610. The number of hydrogen-bond donors (Lipinski definition) is 1. The summed E-state index contributed by atoms with van der Waals surface area (Å²) in [6.07, 6.45) is 3.46. The molecule has 0 saturated carbocycles. The van der Waals surface area contributed by atoms with Crippen molar-refractivity contribution in [2.45, 2.75) is 66.5 Å². The fourth-order valence-electron chi connectivity index (χ4n) is 2.21. The van der Waals surface area contributed by atoms with Gasteiger partial charge in [0.05, 0.1) is 5.69 Å². The smallest absolute Gasteiger partial charge is 0.185 e. The van der Waals surface area contributed by atoms with Crippen LogP contribution in [0, 0.1) is 5.92 Å². The summed E-state index contributed by atoms with van der Waals surface area (Å²) in [5.41, 5.74) is 1.26. The molecule has 0 aromatic carbocycles. The van der Waals surface area contributed by atoms with Gasteiger partial charge >= 0.3 is 0 Å². The molecule has 0 aliphatic rings. The van der Waals surface area contributed by atoms with Gasteiger partial charge in [0, 0.05) is 24.5 Å². The maximum atomic E-state index is 4.83. The zero-order chi connectivity index (χ0) is 15.1. The fraction of sp³-hybridized carbons (Fsp3) is 0.812. The molecule has 1 aromatic rings. The molecule has 0 aliphatic carbocycles. The van der Waals surface area contributed by atoms with Crippen molar-refractivity contribution < 1.29 is 0 Å². The van der Waals surface area contributed by atoms with E-state index in [4.69, 9.17) is 4.98 Å². The number of nitrogens with zero attached hydrogens (tertiary/aromatic N) is 2. The van der Waals surface area contributed by atoms with E-state index in [2.05, 4.69) is 51.9 Å². The number of aryl methyl sites for hydroxylation is 1. The largest absolute Gasteiger partial charge is 0.348 e. The van der Waals surface area contributed by atoms with E-state index in [1.807, 2.05) is 11.3 Å². The van der Waals surface area contributed by atoms with Gasteiger partial charge in [-0.25, -0.2) is 4.98 Å². The van der Waals surface area contributed by atoms with E-state index in [1.165, 1.54) is 28.5 Å². The van der Waals surface area contributed by atoms with E-state index < -0.39 is 0 Å². The molecule has 0 amide bonds. The highest BCUT2D eigenvalue weighted by Crippen LogP contribution is 2.28. The Kier molecular flexibility index (Phi) is 7.52. The maximum absolute atomic E-state index is 4.83. The first-order valence-corrected chi connectivity index (χ1v) is 8.73. The van der Waals surface area contributed by atoms with Crippen molar-refractivity contribution >= 4 is 16.5 Å². The minimum absolute atomic E-state index is 0.562. The lowest BCUT2D eigenvalue weighted by atomic mass is 10.2. The number of hydrogen-bond acceptors (Lipinski definition) is 4. The highest BCUT2D eigenvalue weighted by molar-refractivity contribution is 7.15. The summed E-state index contributed by atoms with van der Waals surface area (Å²) >= 11 is 1.85. The van der Waals surface area contributed by atoms with E-state index in [9.17, 15) is 0 Å². The van der Waals surface area contributed by atoms with Crippen molar-refractivity contribution in [2.75, 3.05) is 18.5 Å². The van der Waals surface area contributed by atoms with Gasteiger partial charge in [-0.2, -0.15) is 0 Å². The first kappa shape index (κ1) is 17.4. The zero-order valence-corrected chi connectivity index (χ0v) is 14.8. The molecule has 1 rings (SSSR count). The van der Waals surface area contributed by atoms with Crippen molar-refractivity contribution in [3.63, 3.8) is 0 Å². The Morgan fingerprint density at radius 2 is 1.95 bits per heavy atom. The Labute approximate surface area is 128 Å². The molecule has 0 radical (unpaired) electrons. The molecule has 1 aromatic heterocycles. The standard InChI is InChI=1S/C16H31N3S/c1-7-9-13(5)19(6)16-18-14(8-2)15(20-16)11-17-10-12(3)4/h12-13,17H,7-11H2,1-6H3. The zero-order valence-electron chi connectivity index (χ0n) is 14.0. The monoisotopic (exact) mass is 297 g/mol. The van der Waals surface area contributed by atoms with Crippen LogP contribution in [0.25, 0.3) is 0 Å². The van der Waals surface area contributed by atoms with E-state index in [0.717, 1.165) is 19.5 Å². The molecule has 1 atom stereocenters. The molecule has 0 bridgehead atoms. The SMILES string of the molecule is CCCC(C)N(C)c1nc(CC)c(CNCC(C)C)s1. The quantitative estimate of drug-likeness (QED) is 0.744. The summed E-state index contributed by atoms with van der Waals surface area (Å²) in [7, 11) is 2.17. The molecule has 0 spiro atoms. The molecule has 0 saturated heterocycles. The predicted octanol–water partition coefficient (Wildman–Crippen LogP) is 4.08. The molecule has 4 heteroatoms. The van der Waals surface area contributed by atoms with Crippen LogP contribution in [0.4, 0.5) is 5.13 Å². The van der Waals surface area contributed by atoms with Crippen LogP contribution in [0.15, 0.2) is 0 Å². The summed E-state index contributed by atoms with van der Waals surface area (Å²) in [6, 6.07) is 0.562. The highest BCUT2D eigenvalue weighted by atomic mass is 32.1. The van der Waals surface area contributed by atoms with Crippen molar-refractivity contribution in [1.82, 2.24) is 10.3 Å².